The summed E-state index contributed by atoms with van der Waals surface area (Å²) in [5, 5.41) is 0. The van der Waals surface area contributed by atoms with Gasteiger partial charge in [-0.2, -0.15) is 0 Å². The van der Waals surface area contributed by atoms with Crippen LogP contribution in [0, 0.1) is 0 Å². The Morgan fingerprint density at radius 2 is 1.29 bits per heavy atom. The van der Waals surface area contributed by atoms with E-state index >= 15 is 0 Å². The smallest absolute Gasteiger partial charge is 0.196 e. The highest BCUT2D eigenvalue weighted by Gasteiger charge is 2.32. The minimum Gasteiger partial charge on any atom is -0.398 e. The first-order valence-corrected chi connectivity index (χ1v) is 8.32. The van der Waals surface area contributed by atoms with Crippen LogP contribution in [0.2, 0.25) is 0 Å². The van der Waals surface area contributed by atoms with E-state index < -0.39 is 0 Å². The molecule has 0 saturated carbocycles. The Hall–Kier alpha value is -2.85. The fourth-order valence-corrected chi connectivity index (χ4v) is 3.94. The minimum absolute atomic E-state index is 0.147. The monoisotopic (exact) mass is 331 g/mol. The first-order valence-electron chi connectivity index (χ1n) is 7.50. The second-order valence-electron chi connectivity index (χ2n) is 5.52. The Kier molecular flexibility index (Phi) is 3.47. The lowest BCUT2D eigenvalue weighted by Crippen LogP contribution is -2.23. The Labute approximate surface area is 143 Å². The minimum atomic E-state index is -0.187. The van der Waals surface area contributed by atoms with E-state index in [-0.39, 0.29) is 11.6 Å². The lowest BCUT2D eigenvalue weighted by molar-refractivity contribution is 0.0977. The number of benzene rings is 3. The zero-order chi connectivity index (χ0) is 16.7. The number of hydrogen-bond acceptors (Lipinski definition) is 4. The summed E-state index contributed by atoms with van der Waals surface area (Å²) >= 11 is 1.48. The van der Waals surface area contributed by atoms with Crippen molar-refractivity contribution in [3.63, 3.8) is 0 Å². The zero-order valence-corrected chi connectivity index (χ0v) is 13.5. The highest BCUT2D eigenvalue weighted by atomic mass is 32.2. The zero-order valence-electron chi connectivity index (χ0n) is 12.7. The summed E-state index contributed by atoms with van der Waals surface area (Å²) < 4.78 is 0. The van der Waals surface area contributed by atoms with Crippen molar-refractivity contribution in [1.29, 1.82) is 0 Å². The molecule has 0 heterocycles. The maximum atomic E-state index is 13.0. The molecule has 0 unspecified atom stereocenters. The van der Waals surface area contributed by atoms with E-state index in [4.69, 9.17) is 5.73 Å². The van der Waals surface area contributed by atoms with E-state index in [0.29, 0.717) is 27.9 Å². The predicted molar refractivity (Wildman–Crippen MR) is 94.7 cm³/mol. The van der Waals surface area contributed by atoms with Crippen LogP contribution in [0.3, 0.4) is 0 Å². The van der Waals surface area contributed by atoms with Gasteiger partial charge >= 0.3 is 0 Å². The van der Waals surface area contributed by atoms with E-state index in [1.54, 1.807) is 30.3 Å². The molecule has 1 aliphatic carbocycles. The molecular formula is C20H13NO2S. The molecule has 0 radical (unpaired) electrons. The largest absolute Gasteiger partial charge is 0.398 e. The molecule has 3 aromatic rings. The summed E-state index contributed by atoms with van der Waals surface area (Å²) in [4.78, 5) is 27.6. The summed E-state index contributed by atoms with van der Waals surface area (Å²) in [6.07, 6.45) is 0. The molecule has 0 spiro atoms. The molecule has 24 heavy (non-hydrogen) atoms. The third-order valence-electron chi connectivity index (χ3n) is 4.04. The quantitative estimate of drug-likeness (QED) is 0.559. The van der Waals surface area contributed by atoms with Crippen LogP contribution in [-0.4, -0.2) is 11.6 Å². The van der Waals surface area contributed by atoms with Crippen LogP contribution in [0.15, 0.2) is 76.5 Å². The molecule has 0 atom stereocenters. The Morgan fingerprint density at radius 3 is 2.04 bits per heavy atom. The first kappa shape index (κ1) is 14.7. The predicted octanol–water partition coefficient (Wildman–Crippen LogP) is 4.20. The fourth-order valence-electron chi connectivity index (χ4n) is 2.94. The van der Waals surface area contributed by atoms with Gasteiger partial charge < -0.3 is 5.73 Å². The maximum Gasteiger partial charge on any atom is 0.196 e. The van der Waals surface area contributed by atoms with Gasteiger partial charge in [0.05, 0.1) is 5.56 Å². The van der Waals surface area contributed by atoms with Crippen molar-refractivity contribution < 1.29 is 9.59 Å². The van der Waals surface area contributed by atoms with Crippen molar-refractivity contribution in [2.45, 2.75) is 9.79 Å². The van der Waals surface area contributed by atoms with Crippen LogP contribution < -0.4 is 5.73 Å². The molecule has 4 rings (SSSR count). The number of carbonyl (C=O) groups excluding carboxylic acids is 2. The molecule has 0 amide bonds. The number of hydrogen-bond donors (Lipinski definition) is 1. The molecule has 3 aromatic carbocycles. The standard InChI is InChI=1S/C20H13NO2S/c21-15-10-4-8-13-17(15)19(22)14-9-5-11-16(18(14)20(13)23)24-12-6-2-1-3-7-12/h1-11H,21H2. The van der Waals surface area contributed by atoms with Crippen molar-refractivity contribution in [1.82, 2.24) is 0 Å². The summed E-state index contributed by atoms with van der Waals surface area (Å²) in [5.41, 5.74) is 7.87. The number of nitrogen functional groups attached to an aromatic ring is 1. The highest BCUT2D eigenvalue weighted by molar-refractivity contribution is 7.99. The Balaban J connectivity index is 1.89. The summed E-state index contributed by atoms with van der Waals surface area (Å²) in [5.74, 6) is -0.334. The second kappa shape index (κ2) is 5.65. The molecule has 0 saturated heterocycles. The molecular weight excluding hydrogens is 318 g/mol. The average molecular weight is 331 g/mol. The van der Waals surface area contributed by atoms with Gasteiger partial charge in [0, 0.05) is 32.2 Å². The molecule has 0 aromatic heterocycles. The normalized spacial score (nSPS) is 12.7. The van der Waals surface area contributed by atoms with E-state index in [0.717, 1.165) is 9.79 Å². The van der Waals surface area contributed by atoms with Gasteiger partial charge in [0.1, 0.15) is 0 Å². The van der Waals surface area contributed by atoms with Crippen LogP contribution in [-0.2, 0) is 0 Å². The number of ketones is 2. The number of rotatable bonds is 2. The highest BCUT2D eigenvalue weighted by Crippen LogP contribution is 2.38. The molecule has 0 aliphatic heterocycles. The lowest BCUT2D eigenvalue weighted by Gasteiger charge is -2.21. The second-order valence-corrected chi connectivity index (χ2v) is 6.64. The lowest BCUT2D eigenvalue weighted by atomic mass is 9.83. The fraction of sp³-hybridized carbons (Fsp3) is 0. The van der Waals surface area contributed by atoms with E-state index in [2.05, 4.69) is 0 Å². The van der Waals surface area contributed by atoms with Crippen LogP contribution in [0.25, 0.3) is 0 Å². The molecule has 4 heteroatoms. The average Bonchev–Trinajstić information content (AvgIpc) is 2.60. The summed E-state index contributed by atoms with van der Waals surface area (Å²) in [7, 11) is 0. The Morgan fingerprint density at radius 1 is 0.667 bits per heavy atom. The summed E-state index contributed by atoms with van der Waals surface area (Å²) in [6, 6.07) is 20.2. The number of carbonyl (C=O) groups is 2. The topological polar surface area (TPSA) is 60.2 Å². The van der Waals surface area contributed by atoms with Crippen LogP contribution in [0.4, 0.5) is 5.69 Å². The van der Waals surface area contributed by atoms with Crippen molar-refractivity contribution in [3.8, 4) is 0 Å². The molecule has 1 aliphatic rings. The van der Waals surface area contributed by atoms with Gasteiger partial charge in [0.15, 0.2) is 11.6 Å². The van der Waals surface area contributed by atoms with Gasteiger partial charge in [-0.3, -0.25) is 9.59 Å². The summed E-state index contributed by atoms with van der Waals surface area (Å²) in [6.45, 7) is 0. The first-order chi connectivity index (χ1) is 11.7. The van der Waals surface area contributed by atoms with Crippen molar-refractivity contribution >= 4 is 29.0 Å². The van der Waals surface area contributed by atoms with E-state index in [1.807, 2.05) is 36.4 Å². The maximum absolute atomic E-state index is 13.0. The van der Waals surface area contributed by atoms with Gasteiger partial charge in [0.2, 0.25) is 0 Å². The number of fused-ring (bicyclic) bond motifs is 2. The van der Waals surface area contributed by atoms with Gasteiger partial charge in [-0.25, -0.2) is 0 Å². The van der Waals surface area contributed by atoms with Gasteiger partial charge in [-0.05, 0) is 24.3 Å². The van der Waals surface area contributed by atoms with E-state index in [1.165, 1.54) is 11.8 Å². The van der Waals surface area contributed by atoms with Crippen molar-refractivity contribution in [3.05, 3.63) is 89.0 Å². The van der Waals surface area contributed by atoms with Crippen LogP contribution in [0.5, 0.6) is 0 Å². The molecule has 3 nitrogen and oxygen atoms in total. The van der Waals surface area contributed by atoms with Crippen molar-refractivity contribution in [2.24, 2.45) is 0 Å². The van der Waals surface area contributed by atoms with Crippen LogP contribution >= 0.6 is 11.8 Å². The molecule has 116 valence electrons. The molecule has 0 fully saturated rings. The SMILES string of the molecule is Nc1cccc2c1C(=O)c1cccc(Sc3ccccc3)c1C2=O. The molecule has 2 N–H and O–H groups in total. The van der Waals surface area contributed by atoms with Gasteiger partial charge in [-0.15, -0.1) is 0 Å². The molecule has 0 bridgehead atoms. The van der Waals surface area contributed by atoms with Crippen LogP contribution in [0.1, 0.15) is 31.8 Å². The third kappa shape index (κ3) is 2.23. The van der Waals surface area contributed by atoms with Gasteiger partial charge in [0.25, 0.3) is 0 Å². The number of anilines is 1. The Bertz CT molecular complexity index is 980. The van der Waals surface area contributed by atoms with Crippen molar-refractivity contribution in [2.75, 3.05) is 5.73 Å². The third-order valence-corrected chi connectivity index (χ3v) is 5.11. The van der Waals surface area contributed by atoms with E-state index in [9.17, 15) is 9.59 Å². The van der Waals surface area contributed by atoms with Gasteiger partial charge in [-0.1, -0.05) is 54.2 Å². The number of nitrogens with two attached hydrogens (primary N) is 1.